The first-order valence-corrected chi connectivity index (χ1v) is 7.64. The quantitative estimate of drug-likeness (QED) is 0.803. The van der Waals surface area contributed by atoms with E-state index in [1.807, 2.05) is 6.92 Å². The summed E-state index contributed by atoms with van der Waals surface area (Å²) in [5, 5.41) is 3.09. The molecule has 3 heteroatoms. The van der Waals surface area contributed by atoms with Crippen molar-refractivity contribution in [1.29, 1.82) is 0 Å². The molecule has 0 bridgehead atoms. The molecular formula is C17H28N2O. The van der Waals surface area contributed by atoms with E-state index in [-0.39, 0.29) is 11.9 Å². The molecule has 1 amide bonds. The lowest BCUT2D eigenvalue weighted by Gasteiger charge is -2.25. The summed E-state index contributed by atoms with van der Waals surface area (Å²) < 4.78 is 0. The number of carbonyl (C=O) groups excluding carboxylic acids is 1. The van der Waals surface area contributed by atoms with Crippen LogP contribution in [-0.2, 0) is 11.2 Å². The molecule has 1 unspecified atom stereocenters. The summed E-state index contributed by atoms with van der Waals surface area (Å²) in [6.45, 7) is 8.41. The number of hydrogen-bond donors (Lipinski definition) is 2. The molecule has 0 aliphatic rings. The van der Waals surface area contributed by atoms with Crippen molar-refractivity contribution in [3.05, 3.63) is 35.4 Å². The number of hydrogen-bond acceptors (Lipinski definition) is 2. The molecule has 0 aromatic heterocycles. The zero-order chi connectivity index (χ0) is 15.1. The van der Waals surface area contributed by atoms with Crippen LogP contribution in [0.2, 0.25) is 0 Å². The smallest absolute Gasteiger partial charge is 0.237 e. The van der Waals surface area contributed by atoms with Gasteiger partial charge in [-0.05, 0) is 29.9 Å². The topological polar surface area (TPSA) is 55.1 Å². The molecule has 3 N–H and O–H groups in total. The van der Waals surface area contributed by atoms with Gasteiger partial charge in [0, 0.05) is 0 Å². The fourth-order valence-corrected chi connectivity index (χ4v) is 2.30. The molecule has 1 rings (SSSR count). The molecule has 112 valence electrons. The summed E-state index contributed by atoms with van der Waals surface area (Å²) in [4.78, 5) is 12.1. The fraction of sp³-hybridized carbons (Fsp3) is 0.588. The molecule has 1 aromatic carbocycles. The monoisotopic (exact) mass is 276 g/mol. The van der Waals surface area contributed by atoms with Gasteiger partial charge < -0.3 is 11.1 Å². The molecular weight excluding hydrogens is 248 g/mol. The number of carbonyl (C=O) groups is 1. The summed E-state index contributed by atoms with van der Waals surface area (Å²) in [6.07, 6.45) is 2.68. The standard InChI is InChI=1S/C17H28N2O/c1-5-7-15(18)17(20)19-16(12(3)4)14-10-8-13(6-2)9-11-14/h8-12,15-16H,5-7,18H2,1-4H3,(H,19,20)/t15-,16?/m0/s1. The largest absolute Gasteiger partial charge is 0.348 e. The Morgan fingerprint density at radius 3 is 2.25 bits per heavy atom. The van der Waals surface area contributed by atoms with E-state index < -0.39 is 6.04 Å². The molecule has 0 aliphatic heterocycles. The average Bonchev–Trinajstić information content (AvgIpc) is 2.44. The van der Waals surface area contributed by atoms with Crippen LogP contribution in [-0.4, -0.2) is 11.9 Å². The first kappa shape index (κ1) is 16.7. The zero-order valence-corrected chi connectivity index (χ0v) is 13.1. The van der Waals surface area contributed by atoms with E-state index in [9.17, 15) is 4.79 Å². The van der Waals surface area contributed by atoms with Gasteiger partial charge in [0.1, 0.15) is 0 Å². The van der Waals surface area contributed by atoms with Crippen molar-refractivity contribution in [3.8, 4) is 0 Å². The van der Waals surface area contributed by atoms with Gasteiger partial charge in [-0.15, -0.1) is 0 Å². The Bertz CT molecular complexity index is 412. The Hall–Kier alpha value is -1.35. The number of nitrogens with two attached hydrogens (primary N) is 1. The summed E-state index contributed by atoms with van der Waals surface area (Å²) in [5.74, 6) is 0.283. The molecule has 1 aromatic rings. The minimum atomic E-state index is -0.406. The third-order valence-electron chi connectivity index (χ3n) is 3.65. The van der Waals surface area contributed by atoms with E-state index in [1.165, 1.54) is 5.56 Å². The maximum absolute atomic E-state index is 12.1. The molecule has 2 atom stereocenters. The van der Waals surface area contributed by atoms with E-state index in [2.05, 4.69) is 50.4 Å². The molecule has 3 nitrogen and oxygen atoms in total. The second-order valence-electron chi connectivity index (χ2n) is 5.72. The second-order valence-corrected chi connectivity index (χ2v) is 5.72. The second kappa shape index (κ2) is 8.05. The van der Waals surface area contributed by atoms with Crippen molar-refractivity contribution >= 4 is 5.91 Å². The predicted octanol–water partition coefficient (Wildman–Crippen LogP) is 3.19. The molecule has 0 fully saturated rings. The highest BCUT2D eigenvalue weighted by Crippen LogP contribution is 2.22. The van der Waals surface area contributed by atoms with Crippen LogP contribution in [0.25, 0.3) is 0 Å². The van der Waals surface area contributed by atoms with Crippen LogP contribution in [0, 0.1) is 5.92 Å². The van der Waals surface area contributed by atoms with Crippen LogP contribution in [0.4, 0.5) is 0 Å². The van der Waals surface area contributed by atoms with E-state index >= 15 is 0 Å². The van der Waals surface area contributed by atoms with Crippen LogP contribution in [0.5, 0.6) is 0 Å². The van der Waals surface area contributed by atoms with Crippen LogP contribution < -0.4 is 11.1 Å². The Balaban J connectivity index is 2.80. The Labute approximate surface area is 122 Å². The van der Waals surface area contributed by atoms with Crippen LogP contribution in [0.3, 0.4) is 0 Å². The van der Waals surface area contributed by atoms with Gasteiger partial charge in [-0.2, -0.15) is 0 Å². The van der Waals surface area contributed by atoms with Gasteiger partial charge >= 0.3 is 0 Å². The Morgan fingerprint density at radius 2 is 1.80 bits per heavy atom. The normalized spacial score (nSPS) is 14.1. The van der Waals surface area contributed by atoms with E-state index in [4.69, 9.17) is 5.73 Å². The maximum atomic E-state index is 12.1. The lowest BCUT2D eigenvalue weighted by Crippen LogP contribution is -2.43. The van der Waals surface area contributed by atoms with Gasteiger partial charge in [-0.25, -0.2) is 0 Å². The van der Waals surface area contributed by atoms with Gasteiger partial charge in [0.25, 0.3) is 0 Å². The lowest BCUT2D eigenvalue weighted by atomic mass is 9.94. The van der Waals surface area contributed by atoms with E-state index in [1.54, 1.807) is 0 Å². The van der Waals surface area contributed by atoms with Crippen LogP contribution in [0.1, 0.15) is 57.7 Å². The Morgan fingerprint density at radius 1 is 1.20 bits per heavy atom. The van der Waals surface area contributed by atoms with Crippen molar-refractivity contribution in [1.82, 2.24) is 5.32 Å². The van der Waals surface area contributed by atoms with Crippen molar-refractivity contribution in [3.63, 3.8) is 0 Å². The first-order valence-electron chi connectivity index (χ1n) is 7.64. The number of rotatable bonds is 7. The number of nitrogens with one attached hydrogen (secondary N) is 1. The summed E-state index contributed by atoms with van der Waals surface area (Å²) in [6, 6.07) is 8.09. The molecule has 0 saturated carbocycles. The lowest BCUT2D eigenvalue weighted by molar-refractivity contribution is -0.123. The molecule has 0 radical (unpaired) electrons. The van der Waals surface area contributed by atoms with Gasteiger partial charge in [-0.1, -0.05) is 58.4 Å². The highest BCUT2D eigenvalue weighted by Gasteiger charge is 2.21. The number of benzene rings is 1. The summed E-state index contributed by atoms with van der Waals surface area (Å²) in [7, 11) is 0. The predicted molar refractivity (Wildman–Crippen MR) is 84.4 cm³/mol. The highest BCUT2D eigenvalue weighted by atomic mass is 16.2. The average molecular weight is 276 g/mol. The minimum Gasteiger partial charge on any atom is -0.348 e. The zero-order valence-electron chi connectivity index (χ0n) is 13.1. The number of aryl methyl sites for hydroxylation is 1. The first-order chi connectivity index (χ1) is 9.49. The SMILES string of the molecule is CCC[C@H](N)C(=O)NC(c1ccc(CC)cc1)C(C)C. The van der Waals surface area contributed by atoms with Crippen molar-refractivity contribution < 1.29 is 4.79 Å². The minimum absolute atomic E-state index is 0.0244. The molecule has 0 spiro atoms. The van der Waals surface area contributed by atoms with Crippen molar-refractivity contribution in [2.45, 2.75) is 59.0 Å². The summed E-state index contributed by atoms with van der Waals surface area (Å²) in [5.41, 5.74) is 8.35. The molecule has 0 saturated heterocycles. The van der Waals surface area contributed by atoms with E-state index in [0.717, 1.165) is 24.8 Å². The molecule has 0 heterocycles. The molecule has 20 heavy (non-hydrogen) atoms. The van der Waals surface area contributed by atoms with Gasteiger partial charge in [0.15, 0.2) is 0 Å². The van der Waals surface area contributed by atoms with Gasteiger partial charge in [0.05, 0.1) is 12.1 Å². The maximum Gasteiger partial charge on any atom is 0.237 e. The fourth-order valence-electron chi connectivity index (χ4n) is 2.30. The van der Waals surface area contributed by atoms with Gasteiger partial charge in [-0.3, -0.25) is 4.79 Å². The van der Waals surface area contributed by atoms with E-state index in [0.29, 0.717) is 5.92 Å². The van der Waals surface area contributed by atoms with Crippen molar-refractivity contribution in [2.24, 2.45) is 11.7 Å². The number of amides is 1. The third kappa shape index (κ3) is 4.64. The van der Waals surface area contributed by atoms with Crippen molar-refractivity contribution in [2.75, 3.05) is 0 Å². The Kier molecular flexibility index (Phi) is 6.73. The van der Waals surface area contributed by atoms with Gasteiger partial charge in [0.2, 0.25) is 5.91 Å². The highest BCUT2D eigenvalue weighted by molar-refractivity contribution is 5.81. The third-order valence-corrected chi connectivity index (χ3v) is 3.65. The summed E-state index contributed by atoms with van der Waals surface area (Å²) >= 11 is 0. The molecule has 0 aliphatic carbocycles. The van der Waals surface area contributed by atoms with Crippen LogP contribution in [0.15, 0.2) is 24.3 Å². The van der Waals surface area contributed by atoms with Crippen LogP contribution >= 0.6 is 0 Å².